The average Bonchev–Trinajstić information content (AvgIpc) is 2.68. The number of ether oxygens (including phenoxy) is 3. The Morgan fingerprint density at radius 2 is 1.77 bits per heavy atom. The lowest BCUT2D eigenvalue weighted by Crippen LogP contribution is -2.44. The van der Waals surface area contributed by atoms with Crippen molar-refractivity contribution in [3.63, 3.8) is 0 Å². The number of rotatable bonds is 6. The molecule has 0 amide bonds. The van der Waals surface area contributed by atoms with E-state index < -0.39 is 0 Å². The summed E-state index contributed by atoms with van der Waals surface area (Å²) in [6.07, 6.45) is 3.10. The molecule has 2 atom stereocenters. The summed E-state index contributed by atoms with van der Waals surface area (Å²) in [7, 11) is 5.09. The first-order valence-corrected chi connectivity index (χ1v) is 9.02. The minimum Gasteiger partial charge on any atom is -0.497 e. The average molecular weight is 356 g/mol. The van der Waals surface area contributed by atoms with Gasteiger partial charge in [0, 0.05) is 6.54 Å². The summed E-state index contributed by atoms with van der Waals surface area (Å²) in [6.45, 7) is 0.896. The van der Waals surface area contributed by atoms with E-state index in [1.165, 1.54) is 5.56 Å². The fourth-order valence-electron chi connectivity index (χ4n) is 3.93. The lowest BCUT2D eigenvalue weighted by atomic mass is 9.81. The fraction of sp³-hybridized carbons (Fsp3) is 0.429. The monoisotopic (exact) mass is 356 g/mol. The van der Waals surface area contributed by atoms with Gasteiger partial charge in [-0.3, -0.25) is 5.84 Å². The summed E-state index contributed by atoms with van der Waals surface area (Å²) in [5.41, 5.74) is 2.35. The van der Waals surface area contributed by atoms with E-state index in [1.807, 2.05) is 29.3 Å². The van der Waals surface area contributed by atoms with Gasteiger partial charge in [0.1, 0.15) is 17.2 Å². The van der Waals surface area contributed by atoms with Crippen LogP contribution in [0.1, 0.15) is 30.0 Å². The number of hydrogen-bond donors (Lipinski definition) is 1. The Morgan fingerprint density at radius 1 is 1.00 bits per heavy atom. The van der Waals surface area contributed by atoms with Gasteiger partial charge >= 0.3 is 0 Å². The van der Waals surface area contributed by atoms with Crippen LogP contribution in [0.15, 0.2) is 42.5 Å². The normalized spacial score (nSPS) is 20.6. The van der Waals surface area contributed by atoms with Crippen molar-refractivity contribution in [1.29, 1.82) is 0 Å². The Morgan fingerprint density at radius 3 is 2.50 bits per heavy atom. The molecule has 26 heavy (non-hydrogen) atoms. The molecule has 0 saturated carbocycles. The molecule has 0 unspecified atom stereocenters. The van der Waals surface area contributed by atoms with Crippen LogP contribution in [0.2, 0.25) is 0 Å². The number of hydrogen-bond acceptors (Lipinski definition) is 5. The zero-order chi connectivity index (χ0) is 18.5. The first-order valence-electron chi connectivity index (χ1n) is 9.02. The van der Waals surface area contributed by atoms with E-state index in [1.54, 1.807) is 21.3 Å². The van der Waals surface area contributed by atoms with Gasteiger partial charge in [0.25, 0.3) is 0 Å². The van der Waals surface area contributed by atoms with Gasteiger partial charge in [0.15, 0.2) is 0 Å². The highest BCUT2D eigenvalue weighted by molar-refractivity contribution is 5.41. The molecule has 1 aliphatic heterocycles. The molecule has 5 nitrogen and oxygen atoms in total. The fourth-order valence-corrected chi connectivity index (χ4v) is 3.93. The van der Waals surface area contributed by atoms with Crippen LogP contribution in [0.25, 0.3) is 0 Å². The van der Waals surface area contributed by atoms with Crippen molar-refractivity contribution < 1.29 is 14.2 Å². The Balaban J connectivity index is 1.91. The second-order valence-electron chi connectivity index (χ2n) is 6.74. The lowest BCUT2D eigenvalue weighted by Gasteiger charge is -2.39. The largest absolute Gasteiger partial charge is 0.497 e. The molecule has 0 bridgehead atoms. The highest BCUT2D eigenvalue weighted by Crippen LogP contribution is 2.39. The van der Waals surface area contributed by atoms with Crippen LogP contribution in [0.5, 0.6) is 17.2 Å². The molecule has 0 radical (unpaired) electrons. The Bertz CT molecular complexity index is 735. The van der Waals surface area contributed by atoms with Crippen LogP contribution >= 0.6 is 0 Å². The zero-order valence-electron chi connectivity index (χ0n) is 15.8. The first-order chi connectivity index (χ1) is 12.7. The number of methoxy groups -OCH3 is 3. The van der Waals surface area contributed by atoms with Gasteiger partial charge in [-0.15, -0.1) is 0 Å². The van der Waals surface area contributed by atoms with Crippen LogP contribution in [0, 0.1) is 5.92 Å². The summed E-state index contributed by atoms with van der Waals surface area (Å²) in [5, 5.41) is 1.97. The van der Waals surface area contributed by atoms with Gasteiger partial charge in [0.2, 0.25) is 0 Å². The summed E-state index contributed by atoms with van der Waals surface area (Å²) in [6, 6.07) is 14.3. The smallest absolute Gasteiger partial charge is 0.122 e. The van der Waals surface area contributed by atoms with Gasteiger partial charge in [-0.25, -0.2) is 5.01 Å². The van der Waals surface area contributed by atoms with E-state index >= 15 is 0 Å². The number of benzene rings is 2. The molecule has 5 heteroatoms. The number of nitrogens with two attached hydrogens (primary N) is 1. The molecule has 2 N–H and O–H groups in total. The van der Waals surface area contributed by atoms with Gasteiger partial charge in [-0.2, -0.15) is 0 Å². The summed E-state index contributed by atoms with van der Waals surface area (Å²) < 4.78 is 16.4. The Hall–Kier alpha value is -2.24. The summed E-state index contributed by atoms with van der Waals surface area (Å²) in [4.78, 5) is 0. The van der Waals surface area contributed by atoms with Crippen molar-refractivity contribution >= 4 is 0 Å². The molecule has 3 rings (SSSR count). The minimum absolute atomic E-state index is 0.148. The number of nitrogens with zero attached hydrogens (tertiary/aromatic N) is 1. The van der Waals surface area contributed by atoms with Gasteiger partial charge in [-0.1, -0.05) is 12.1 Å². The molecule has 2 aromatic carbocycles. The van der Waals surface area contributed by atoms with Gasteiger partial charge < -0.3 is 14.2 Å². The van der Waals surface area contributed by atoms with Crippen molar-refractivity contribution in [2.75, 3.05) is 27.9 Å². The third-order valence-corrected chi connectivity index (χ3v) is 5.20. The van der Waals surface area contributed by atoms with Crippen LogP contribution in [-0.2, 0) is 6.42 Å². The van der Waals surface area contributed by atoms with Crippen LogP contribution in [-0.4, -0.2) is 32.9 Å². The van der Waals surface area contributed by atoms with E-state index in [0.717, 1.165) is 48.6 Å². The lowest BCUT2D eigenvalue weighted by molar-refractivity contribution is 0.0921. The molecule has 1 aliphatic rings. The van der Waals surface area contributed by atoms with E-state index in [9.17, 15) is 0 Å². The number of hydrazine groups is 1. The Labute approximate surface area is 155 Å². The van der Waals surface area contributed by atoms with Crippen molar-refractivity contribution in [2.45, 2.75) is 25.3 Å². The molecule has 2 aromatic rings. The SMILES string of the molecule is COc1cccc([C@H]2[C@@H](Cc3cc(OC)ccc3OC)CCCN2N)c1. The second-order valence-corrected chi connectivity index (χ2v) is 6.74. The third kappa shape index (κ3) is 3.94. The minimum atomic E-state index is 0.148. The zero-order valence-corrected chi connectivity index (χ0v) is 15.8. The topological polar surface area (TPSA) is 57.0 Å². The number of piperidine rings is 1. The summed E-state index contributed by atoms with van der Waals surface area (Å²) >= 11 is 0. The van der Waals surface area contributed by atoms with Crippen molar-refractivity contribution in [1.82, 2.24) is 5.01 Å². The highest BCUT2D eigenvalue weighted by Gasteiger charge is 2.32. The van der Waals surface area contributed by atoms with Crippen LogP contribution in [0.3, 0.4) is 0 Å². The molecule has 140 valence electrons. The maximum Gasteiger partial charge on any atom is 0.122 e. The molecular weight excluding hydrogens is 328 g/mol. The van der Waals surface area contributed by atoms with E-state index in [4.69, 9.17) is 20.1 Å². The molecule has 0 aromatic heterocycles. The van der Waals surface area contributed by atoms with E-state index in [0.29, 0.717) is 5.92 Å². The standard InChI is InChI=1S/C21H28N2O3/c1-24-18-8-4-6-16(13-18)21-15(7-5-11-23(21)22)12-17-14-19(25-2)9-10-20(17)26-3/h4,6,8-10,13-15,21H,5,7,11-12,22H2,1-3H3/t15-,21-/m1/s1. The second kappa shape index (κ2) is 8.43. The van der Waals surface area contributed by atoms with E-state index in [2.05, 4.69) is 18.2 Å². The van der Waals surface area contributed by atoms with Crippen LogP contribution < -0.4 is 20.1 Å². The predicted octanol–water partition coefficient (Wildman–Crippen LogP) is 3.58. The molecule has 0 aliphatic carbocycles. The Kier molecular flexibility index (Phi) is 6.01. The van der Waals surface area contributed by atoms with Crippen molar-refractivity contribution in [3.8, 4) is 17.2 Å². The highest BCUT2D eigenvalue weighted by atomic mass is 16.5. The molecule has 1 fully saturated rings. The summed E-state index contributed by atoms with van der Waals surface area (Å²) in [5.74, 6) is 9.40. The maximum atomic E-state index is 6.41. The van der Waals surface area contributed by atoms with Crippen molar-refractivity contribution in [3.05, 3.63) is 53.6 Å². The van der Waals surface area contributed by atoms with Gasteiger partial charge in [0.05, 0.1) is 27.4 Å². The maximum absolute atomic E-state index is 6.41. The molecule has 0 spiro atoms. The third-order valence-electron chi connectivity index (χ3n) is 5.20. The quantitative estimate of drug-likeness (QED) is 0.802. The van der Waals surface area contributed by atoms with E-state index in [-0.39, 0.29) is 6.04 Å². The van der Waals surface area contributed by atoms with Crippen molar-refractivity contribution in [2.24, 2.45) is 11.8 Å². The predicted molar refractivity (Wildman–Crippen MR) is 103 cm³/mol. The first kappa shape index (κ1) is 18.5. The molecule has 1 heterocycles. The molecule has 1 saturated heterocycles. The van der Waals surface area contributed by atoms with Crippen LogP contribution in [0.4, 0.5) is 0 Å². The van der Waals surface area contributed by atoms with Gasteiger partial charge in [-0.05, 0) is 66.6 Å². The molecular formula is C21H28N2O3.